The van der Waals surface area contributed by atoms with Gasteiger partial charge in [-0.1, -0.05) is 18.2 Å². The van der Waals surface area contributed by atoms with E-state index in [1.807, 2.05) is 18.2 Å². The number of para-hydroxylation sites is 1. The van der Waals surface area contributed by atoms with Crippen LogP contribution in [0.25, 0.3) is 5.69 Å². The van der Waals surface area contributed by atoms with Gasteiger partial charge in [0.15, 0.2) is 5.69 Å². The Balaban J connectivity index is 2.66. The van der Waals surface area contributed by atoms with Gasteiger partial charge in [-0.3, -0.25) is 0 Å². The fourth-order valence-electron chi connectivity index (χ4n) is 1.50. The maximum Gasteiger partial charge on any atom is 0.356 e. The highest BCUT2D eigenvalue weighted by Gasteiger charge is 2.19. The zero-order valence-electron chi connectivity index (χ0n) is 8.71. The molecule has 0 fully saturated rings. The minimum atomic E-state index is -1.08. The van der Waals surface area contributed by atoms with Crippen molar-refractivity contribution in [3.05, 3.63) is 41.7 Å². The molecule has 0 aliphatic carbocycles. The van der Waals surface area contributed by atoms with Crippen LogP contribution in [-0.4, -0.2) is 20.9 Å². The summed E-state index contributed by atoms with van der Waals surface area (Å²) in [4.78, 5) is 11.1. The average Bonchev–Trinajstić information content (AvgIpc) is 2.57. The number of aromatic nitrogens is 2. The topological polar surface area (TPSA) is 81.1 Å². The summed E-state index contributed by atoms with van der Waals surface area (Å²) in [7, 11) is 0. The lowest BCUT2D eigenvalue weighted by molar-refractivity contribution is 0.0688. The molecular formula is C11H11N3O2. The van der Waals surface area contributed by atoms with Crippen molar-refractivity contribution in [1.29, 1.82) is 0 Å². The van der Waals surface area contributed by atoms with Crippen molar-refractivity contribution in [3.8, 4) is 5.69 Å². The molecule has 0 saturated carbocycles. The summed E-state index contributed by atoms with van der Waals surface area (Å²) in [6.07, 6.45) is 0. The average molecular weight is 217 g/mol. The number of hydrogen-bond donors (Lipinski definition) is 2. The molecule has 1 aromatic heterocycles. The Morgan fingerprint density at radius 3 is 2.56 bits per heavy atom. The Kier molecular flexibility index (Phi) is 2.36. The molecule has 0 amide bonds. The summed E-state index contributed by atoms with van der Waals surface area (Å²) in [5.41, 5.74) is 7.08. The maximum atomic E-state index is 11.1. The van der Waals surface area contributed by atoms with Crippen LogP contribution in [0.5, 0.6) is 0 Å². The molecule has 5 heteroatoms. The SMILES string of the molecule is Cc1nn(-c2ccccc2)c(C(=O)O)c1N. The predicted octanol–water partition coefficient (Wildman–Crippen LogP) is 1.46. The normalized spacial score (nSPS) is 10.3. The van der Waals surface area contributed by atoms with E-state index in [2.05, 4.69) is 5.10 Å². The van der Waals surface area contributed by atoms with Crippen molar-refractivity contribution in [2.75, 3.05) is 5.73 Å². The molecule has 0 aliphatic rings. The minimum absolute atomic E-state index is 0.00343. The van der Waals surface area contributed by atoms with Gasteiger partial charge in [0.1, 0.15) is 0 Å². The second kappa shape index (κ2) is 3.69. The number of rotatable bonds is 2. The number of hydrogen-bond acceptors (Lipinski definition) is 3. The van der Waals surface area contributed by atoms with Crippen LogP contribution < -0.4 is 5.73 Å². The van der Waals surface area contributed by atoms with Crippen molar-refractivity contribution in [1.82, 2.24) is 9.78 Å². The number of carboxylic acids is 1. The highest BCUT2D eigenvalue weighted by atomic mass is 16.4. The van der Waals surface area contributed by atoms with Gasteiger partial charge in [0.2, 0.25) is 0 Å². The fourth-order valence-corrected chi connectivity index (χ4v) is 1.50. The van der Waals surface area contributed by atoms with Gasteiger partial charge in [-0.2, -0.15) is 5.10 Å². The van der Waals surface area contributed by atoms with Gasteiger partial charge in [0, 0.05) is 0 Å². The molecule has 1 heterocycles. The predicted molar refractivity (Wildman–Crippen MR) is 59.7 cm³/mol. The van der Waals surface area contributed by atoms with Gasteiger partial charge >= 0.3 is 5.97 Å². The molecule has 0 bridgehead atoms. The molecule has 16 heavy (non-hydrogen) atoms. The number of anilines is 1. The van der Waals surface area contributed by atoms with Crippen LogP contribution in [-0.2, 0) is 0 Å². The van der Waals surface area contributed by atoms with Gasteiger partial charge < -0.3 is 10.8 Å². The highest BCUT2D eigenvalue weighted by Crippen LogP contribution is 2.20. The smallest absolute Gasteiger partial charge is 0.356 e. The largest absolute Gasteiger partial charge is 0.476 e. The summed E-state index contributed by atoms with van der Waals surface area (Å²) in [6, 6.07) is 9.03. The Morgan fingerprint density at radius 2 is 2.00 bits per heavy atom. The summed E-state index contributed by atoms with van der Waals surface area (Å²) in [5.74, 6) is -1.08. The Hall–Kier alpha value is -2.30. The number of benzene rings is 1. The van der Waals surface area contributed by atoms with E-state index < -0.39 is 5.97 Å². The highest BCUT2D eigenvalue weighted by molar-refractivity contribution is 5.93. The lowest BCUT2D eigenvalue weighted by Gasteiger charge is -2.03. The van der Waals surface area contributed by atoms with E-state index in [-0.39, 0.29) is 11.4 Å². The van der Waals surface area contributed by atoms with Crippen molar-refractivity contribution < 1.29 is 9.90 Å². The molecule has 82 valence electrons. The first-order chi connectivity index (χ1) is 7.61. The first kappa shape index (κ1) is 10.2. The van der Waals surface area contributed by atoms with E-state index in [9.17, 15) is 4.79 Å². The number of aromatic carboxylic acids is 1. The molecule has 0 saturated heterocycles. The Labute approximate surface area is 92.1 Å². The number of nitrogen functional groups attached to an aromatic ring is 1. The van der Waals surface area contributed by atoms with Gasteiger partial charge in [0.25, 0.3) is 0 Å². The molecule has 0 aliphatic heterocycles. The summed E-state index contributed by atoms with van der Waals surface area (Å²) in [6.45, 7) is 1.68. The summed E-state index contributed by atoms with van der Waals surface area (Å²) < 4.78 is 1.34. The first-order valence-corrected chi connectivity index (χ1v) is 4.75. The quantitative estimate of drug-likeness (QED) is 0.797. The van der Waals surface area contributed by atoms with Gasteiger partial charge in [-0.25, -0.2) is 9.48 Å². The van der Waals surface area contributed by atoms with E-state index in [0.717, 1.165) is 0 Å². The van der Waals surface area contributed by atoms with Gasteiger partial charge in [-0.05, 0) is 19.1 Å². The zero-order valence-corrected chi connectivity index (χ0v) is 8.71. The lowest BCUT2D eigenvalue weighted by atomic mass is 10.3. The molecule has 0 spiro atoms. The van der Waals surface area contributed by atoms with Crippen LogP contribution in [0.2, 0.25) is 0 Å². The molecule has 1 aromatic carbocycles. The zero-order chi connectivity index (χ0) is 11.7. The van der Waals surface area contributed by atoms with Crippen molar-refractivity contribution >= 4 is 11.7 Å². The van der Waals surface area contributed by atoms with Gasteiger partial charge in [0.05, 0.1) is 17.1 Å². The molecule has 0 unspecified atom stereocenters. The third-order valence-electron chi connectivity index (χ3n) is 2.31. The Morgan fingerprint density at radius 1 is 1.38 bits per heavy atom. The van der Waals surface area contributed by atoms with Crippen molar-refractivity contribution in [3.63, 3.8) is 0 Å². The molecule has 2 aromatic rings. The lowest BCUT2D eigenvalue weighted by Crippen LogP contribution is -2.09. The summed E-state index contributed by atoms with van der Waals surface area (Å²) >= 11 is 0. The second-order valence-corrected chi connectivity index (χ2v) is 3.40. The van der Waals surface area contributed by atoms with E-state index in [1.54, 1.807) is 19.1 Å². The molecular weight excluding hydrogens is 206 g/mol. The van der Waals surface area contributed by atoms with E-state index in [0.29, 0.717) is 11.4 Å². The van der Waals surface area contributed by atoms with Crippen LogP contribution in [0.1, 0.15) is 16.2 Å². The monoisotopic (exact) mass is 217 g/mol. The number of nitrogens with zero attached hydrogens (tertiary/aromatic N) is 2. The van der Waals surface area contributed by atoms with Crippen LogP contribution in [0, 0.1) is 6.92 Å². The number of carboxylic acid groups (broad SMARTS) is 1. The molecule has 0 radical (unpaired) electrons. The van der Waals surface area contributed by atoms with E-state index >= 15 is 0 Å². The van der Waals surface area contributed by atoms with Crippen LogP contribution >= 0.6 is 0 Å². The van der Waals surface area contributed by atoms with Crippen LogP contribution in [0.15, 0.2) is 30.3 Å². The van der Waals surface area contributed by atoms with E-state index in [4.69, 9.17) is 10.8 Å². The van der Waals surface area contributed by atoms with E-state index in [1.165, 1.54) is 4.68 Å². The van der Waals surface area contributed by atoms with Gasteiger partial charge in [-0.15, -0.1) is 0 Å². The first-order valence-electron chi connectivity index (χ1n) is 4.75. The Bertz CT molecular complexity index is 532. The number of nitrogens with two attached hydrogens (primary N) is 1. The molecule has 0 atom stereocenters. The molecule has 5 nitrogen and oxygen atoms in total. The third-order valence-corrected chi connectivity index (χ3v) is 2.31. The van der Waals surface area contributed by atoms with Crippen molar-refractivity contribution in [2.24, 2.45) is 0 Å². The standard InChI is InChI=1S/C11H11N3O2/c1-7-9(12)10(11(15)16)14(13-7)8-5-3-2-4-6-8/h2-6H,12H2,1H3,(H,15,16). The number of carbonyl (C=O) groups is 1. The summed E-state index contributed by atoms with van der Waals surface area (Å²) in [5, 5.41) is 13.2. The van der Waals surface area contributed by atoms with Crippen LogP contribution in [0.3, 0.4) is 0 Å². The number of aryl methyl sites for hydroxylation is 1. The fraction of sp³-hybridized carbons (Fsp3) is 0.0909. The van der Waals surface area contributed by atoms with Crippen LogP contribution in [0.4, 0.5) is 5.69 Å². The minimum Gasteiger partial charge on any atom is -0.476 e. The molecule has 3 N–H and O–H groups in total. The molecule has 2 rings (SSSR count). The maximum absolute atomic E-state index is 11.1. The van der Waals surface area contributed by atoms with Crippen molar-refractivity contribution in [2.45, 2.75) is 6.92 Å². The second-order valence-electron chi connectivity index (χ2n) is 3.40. The third kappa shape index (κ3) is 1.52.